The molecular weight excluding hydrogens is 212 g/mol. The second-order valence-electron chi connectivity index (χ2n) is 5.00. The zero-order chi connectivity index (χ0) is 12.1. The number of rotatable bonds is 4. The van der Waals surface area contributed by atoms with E-state index in [2.05, 4.69) is 0 Å². The number of aldehydes is 1. The fourth-order valence-corrected chi connectivity index (χ4v) is 2.96. The van der Waals surface area contributed by atoms with Gasteiger partial charge in [-0.15, -0.1) is 0 Å². The van der Waals surface area contributed by atoms with Crippen LogP contribution >= 0.6 is 0 Å². The molecule has 17 heavy (non-hydrogen) atoms. The third kappa shape index (κ3) is 3.09. The van der Waals surface area contributed by atoms with Crippen molar-refractivity contribution in [3.63, 3.8) is 0 Å². The second kappa shape index (κ2) is 5.85. The average molecular weight is 232 g/mol. The van der Waals surface area contributed by atoms with E-state index >= 15 is 0 Å². The summed E-state index contributed by atoms with van der Waals surface area (Å²) < 4.78 is 0. The summed E-state index contributed by atoms with van der Waals surface area (Å²) in [5.74, 6) is 1.27. The normalized spacial score (nSPS) is 18.8. The molecule has 1 aliphatic carbocycles. The van der Waals surface area contributed by atoms with Gasteiger partial charge in [0, 0.05) is 6.42 Å². The minimum absolute atomic E-state index is 0.294. The van der Waals surface area contributed by atoms with Crippen molar-refractivity contribution in [2.45, 2.75) is 44.4 Å². The number of carbonyl (C=O) groups excluding carboxylic acids is 1. The first-order chi connectivity index (χ1) is 8.31. The molecule has 0 bridgehead atoms. The smallest absolute Gasteiger partial charge is 0.120 e. The van der Waals surface area contributed by atoms with E-state index in [4.69, 9.17) is 0 Å². The molecule has 1 atom stereocenters. The SMILES string of the molecule is O=CCC(c1ccc(O)cc1)C1CCCCC1. The highest BCUT2D eigenvalue weighted by Crippen LogP contribution is 2.37. The van der Waals surface area contributed by atoms with Crippen LogP contribution in [0.4, 0.5) is 0 Å². The molecule has 1 aromatic rings. The topological polar surface area (TPSA) is 37.3 Å². The minimum atomic E-state index is 0.294. The molecule has 1 unspecified atom stereocenters. The van der Waals surface area contributed by atoms with E-state index in [1.165, 1.54) is 37.7 Å². The summed E-state index contributed by atoms with van der Waals surface area (Å²) in [6.45, 7) is 0. The molecule has 92 valence electrons. The van der Waals surface area contributed by atoms with Crippen molar-refractivity contribution >= 4 is 6.29 Å². The third-order valence-corrected chi connectivity index (χ3v) is 3.89. The fraction of sp³-hybridized carbons (Fsp3) is 0.533. The van der Waals surface area contributed by atoms with Crippen LogP contribution in [0, 0.1) is 5.92 Å². The lowest BCUT2D eigenvalue weighted by Crippen LogP contribution is -2.16. The largest absolute Gasteiger partial charge is 0.508 e. The molecule has 2 nitrogen and oxygen atoms in total. The van der Waals surface area contributed by atoms with Crippen LogP contribution in [0.5, 0.6) is 5.75 Å². The monoisotopic (exact) mass is 232 g/mol. The number of carbonyl (C=O) groups is 1. The third-order valence-electron chi connectivity index (χ3n) is 3.89. The van der Waals surface area contributed by atoms with Gasteiger partial charge in [0.25, 0.3) is 0 Å². The maximum atomic E-state index is 10.8. The number of phenolic OH excluding ortho intramolecular Hbond substituents is 1. The number of phenols is 1. The summed E-state index contributed by atoms with van der Waals surface area (Å²) in [7, 11) is 0. The first-order valence-corrected chi connectivity index (χ1v) is 6.54. The van der Waals surface area contributed by atoms with Crippen LogP contribution in [0.2, 0.25) is 0 Å². The van der Waals surface area contributed by atoms with E-state index in [1.54, 1.807) is 12.1 Å². The van der Waals surface area contributed by atoms with Crippen LogP contribution in [0.25, 0.3) is 0 Å². The van der Waals surface area contributed by atoms with Crippen LogP contribution in [0.1, 0.15) is 50.0 Å². The number of hydrogen-bond acceptors (Lipinski definition) is 2. The Bertz CT molecular complexity index is 350. The first kappa shape index (κ1) is 12.2. The van der Waals surface area contributed by atoms with E-state index < -0.39 is 0 Å². The van der Waals surface area contributed by atoms with Crippen molar-refractivity contribution in [2.24, 2.45) is 5.92 Å². The van der Waals surface area contributed by atoms with Crippen molar-refractivity contribution in [1.82, 2.24) is 0 Å². The summed E-state index contributed by atoms with van der Waals surface area (Å²) >= 11 is 0. The van der Waals surface area contributed by atoms with E-state index in [0.29, 0.717) is 24.0 Å². The lowest BCUT2D eigenvalue weighted by atomic mass is 9.75. The van der Waals surface area contributed by atoms with Gasteiger partial charge in [-0.2, -0.15) is 0 Å². The molecule has 0 saturated heterocycles. The maximum absolute atomic E-state index is 10.8. The summed E-state index contributed by atoms with van der Waals surface area (Å²) in [5.41, 5.74) is 1.20. The van der Waals surface area contributed by atoms with Crippen LogP contribution in [0.15, 0.2) is 24.3 Å². The first-order valence-electron chi connectivity index (χ1n) is 6.54. The summed E-state index contributed by atoms with van der Waals surface area (Å²) in [5, 5.41) is 9.31. The predicted octanol–water partition coefficient (Wildman–Crippen LogP) is 3.65. The number of aromatic hydroxyl groups is 1. The Kier molecular flexibility index (Phi) is 4.18. The molecule has 1 aromatic carbocycles. The van der Waals surface area contributed by atoms with E-state index in [9.17, 15) is 9.90 Å². The Morgan fingerprint density at radius 1 is 1.18 bits per heavy atom. The van der Waals surface area contributed by atoms with Gasteiger partial charge in [0.05, 0.1) is 0 Å². The molecule has 1 N–H and O–H groups in total. The van der Waals surface area contributed by atoms with Gasteiger partial charge in [-0.3, -0.25) is 0 Å². The van der Waals surface area contributed by atoms with Crippen molar-refractivity contribution in [3.05, 3.63) is 29.8 Å². The van der Waals surface area contributed by atoms with Gasteiger partial charge >= 0.3 is 0 Å². The van der Waals surface area contributed by atoms with Crippen LogP contribution in [-0.4, -0.2) is 11.4 Å². The molecule has 0 radical (unpaired) electrons. The Hall–Kier alpha value is -1.31. The highest BCUT2D eigenvalue weighted by Gasteiger charge is 2.24. The van der Waals surface area contributed by atoms with Crippen molar-refractivity contribution < 1.29 is 9.90 Å². The summed E-state index contributed by atoms with van der Waals surface area (Å²) in [4.78, 5) is 10.8. The standard InChI is InChI=1S/C15H20O2/c16-11-10-15(12-4-2-1-3-5-12)13-6-8-14(17)9-7-13/h6-9,11-12,15,17H,1-5,10H2. The molecule has 0 aliphatic heterocycles. The van der Waals surface area contributed by atoms with Crippen LogP contribution in [0.3, 0.4) is 0 Å². The zero-order valence-corrected chi connectivity index (χ0v) is 10.1. The van der Waals surface area contributed by atoms with Gasteiger partial charge in [0.1, 0.15) is 12.0 Å². The van der Waals surface area contributed by atoms with Gasteiger partial charge in [-0.25, -0.2) is 0 Å². The molecule has 0 spiro atoms. The number of hydrogen-bond donors (Lipinski definition) is 1. The van der Waals surface area contributed by atoms with Crippen molar-refractivity contribution in [1.29, 1.82) is 0 Å². The summed E-state index contributed by atoms with van der Waals surface area (Å²) in [6.07, 6.45) is 8.02. The van der Waals surface area contributed by atoms with Crippen LogP contribution in [-0.2, 0) is 4.79 Å². The van der Waals surface area contributed by atoms with Crippen molar-refractivity contribution in [3.8, 4) is 5.75 Å². The Balaban J connectivity index is 2.15. The quantitative estimate of drug-likeness (QED) is 0.805. The second-order valence-corrected chi connectivity index (χ2v) is 5.00. The van der Waals surface area contributed by atoms with E-state index in [-0.39, 0.29) is 0 Å². The average Bonchev–Trinajstić information content (AvgIpc) is 2.38. The lowest BCUT2D eigenvalue weighted by Gasteiger charge is -2.29. The Morgan fingerprint density at radius 3 is 2.41 bits per heavy atom. The molecule has 0 amide bonds. The maximum Gasteiger partial charge on any atom is 0.120 e. The molecule has 1 saturated carbocycles. The Morgan fingerprint density at radius 2 is 1.82 bits per heavy atom. The van der Waals surface area contributed by atoms with Gasteiger partial charge in [0.15, 0.2) is 0 Å². The van der Waals surface area contributed by atoms with Crippen molar-refractivity contribution in [2.75, 3.05) is 0 Å². The molecule has 2 heteroatoms. The molecule has 1 aliphatic rings. The van der Waals surface area contributed by atoms with E-state index in [0.717, 1.165) is 6.29 Å². The highest BCUT2D eigenvalue weighted by atomic mass is 16.3. The lowest BCUT2D eigenvalue weighted by molar-refractivity contribution is -0.108. The Labute approximate surface area is 103 Å². The zero-order valence-electron chi connectivity index (χ0n) is 10.1. The molecule has 2 rings (SSSR count). The van der Waals surface area contributed by atoms with Gasteiger partial charge in [-0.05, 0) is 42.4 Å². The molecule has 0 aromatic heterocycles. The van der Waals surface area contributed by atoms with Gasteiger partial charge in [-0.1, -0.05) is 31.4 Å². The molecule has 0 heterocycles. The van der Waals surface area contributed by atoms with E-state index in [1.807, 2.05) is 12.1 Å². The fourth-order valence-electron chi connectivity index (χ4n) is 2.96. The molecule has 1 fully saturated rings. The number of benzene rings is 1. The molecular formula is C15H20O2. The summed E-state index contributed by atoms with van der Waals surface area (Å²) in [6, 6.07) is 7.35. The van der Waals surface area contributed by atoms with Gasteiger partial charge in [0.2, 0.25) is 0 Å². The minimum Gasteiger partial charge on any atom is -0.508 e. The predicted molar refractivity (Wildman–Crippen MR) is 68.1 cm³/mol. The van der Waals surface area contributed by atoms with Crippen LogP contribution < -0.4 is 0 Å². The van der Waals surface area contributed by atoms with Gasteiger partial charge < -0.3 is 9.90 Å². The highest BCUT2D eigenvalue weighted by molar-refractivity contribution is 5.52.